The number of benzene rings is 1. The van der Waals surface area contributed by atoms with Gasteiger partial charge in [0, 0.05) is 6.42 Å². The third kappa shape index (κ3) is 3.91. The standard InChI is InChI=1S/C13H14ClN3O2S/c1-8(14)12(18)15-13-17-16-11(20-13)7-9-3-5-10(19-2)6-4-9/h3-6,8H,7H2,1-2H3,(H,15,17,18)/t8-/m1/s1. The molecule has 20 heavy (non-hydrogen) atoms. The van der Waals surface area contributed by atoms with Crippen molar-refractivity contribution in [3.8, 4) is 5.75 Å². The zero-order valence-corrected chi connectivity index (χ0v) is 12.7. The van der Waals surface area contributed by atoms with Crippen LogP contribution in [0, 0.1) is 0 Å². The molecule has 2 rings (SSSR count). The summed E-state index contributed by atoms with van der Waals surface area (Å²) in [5.41, 5.74) is 1.10. The molecule has 2 aromatic rings. The number of carbonyl (C=O) groups is 1. The molecule has 1 N–H and O–H groups in total. The molecule has 0 saturated heterocycles. The maximum absolute atomic E-state index is 11.4. The van der Waals surface area contributed by atoms with Crippen LogP contribution in [0.2, 0.25) is 0 Å². The third-order valence-corrected chi connectivity index (χ3v) is 3.61. The van der Waals surface area contributed by atoms with E-state index in [9.17, 15) is 4.79 Å². The molecular weight excluding hydrogens is 298 g/mol. The van der Waals surface area contributed by atoms with Crippen LogP contribution in [0.1, 0.15) is 17.5 Å². The van der Waals surface area contributed by atoms with Crippen molar-refractivity contribution in [2.75, 3.05) is 12.4 Å². The zero-order valence-electron chi connectivity index (χ0n) is 11.1. The van der Waals surface area contributed by atoms with E-state index in [-0.39, 0.29) is 5.91 Å². The van der Waals surface area contributed by atoms with Crippen LogP contribution in [-0.2, 0) is 11.2 Å². The molecule has 0 radical (unpaired) electrons. The molecule has 0 spiro atoms. The van der Waals surface area contributed by atoms with Crippen molar-refractivity contribution in [3.63, 3.8) is 0 Å². The minimum absolute atomic E-state index is 0.279. The van der Waals surface area contributed by atoms with E-state index in [2.05, 4.69) is 15.5 Å². The average Bonchev–Trinajstić information content (AvgIpc) is 2.86. The molecule has 1 aromatic carbocycles. The summed E-state index contributed by atoms with van der Waals surface area (Å²) >= 11 is 7.02. The highest BCUT2D eigenvalue weighted by Crippen LogP contribution is 2.20. The Morgan fingerprint density at radius 3 is 2.70 bits per heavy atom. The van der Waals surface area contributed by atoms with Crippen molar-refractivity contribution in [3.05, 3.63) is 34.8 Å². The fourth-order valence-electron chi connectivity index (χ4n) is 1.50. The van der Waals surface area contributed by atoms with Crippen LogP contribution < -0.4 is 10.1 Å². The van der Waals surface area contributed by atoms with Crippen LogP contribution in [0.4, 0.5) is 5.13 Å². The lowest BCUT2D eigenvalue weighted by Gasteiger charge is -2.01. The number of aromatic nitrogens is 2. The van der Waals surface area contributed by atoms with Crippen LogP contribution in [0.25, 0.3) is 0 Å². The van der Waals surface area contributed by atoms with Gasteiger partial charge in [-0.2, -0.15) is 0 Å². The van der Waals surface area contributed by atoms with Crippen molar-refractivity contribution in [1.29, 1.82) is 0 Å². The van der Waals surface area contributed by atoms with Gasteiger partial charge in [0.2, 0.25) is 11.0 Å². The minimum Gasteiger partial charge on any atom is -0.497 e. The fraction of sp³-hybridized carbons (Fsp3) is 0.308. The molecule has 0 bridgehead atoms. The lowest BCUT2D eigenvalue weighted by molar-refractivity contribution is -0.115. The maximum atomic E-state index is 11.4. The van der Waals surface area contributed by atoms with E-state index < -0.39 is 5.38 Å². The summed E-state index contributed by atoms with van der Waals surface area (Å²) in [6.07, 6.45) is 0.661. The van der Waals surface area contributed by atoms with Gasteiger partial charge in [0.05, 0.1) is 7.11 Å². The molecule has 0 fully saturated rings. The van der Waals surface area contributed by atoms with Crippen LogP contribution in [0.3, 0.4) is 0 Å². The topological polar surface area (TPSA) is 64.1 Å². The predicted octanol–water partition coefficient (Wildman–Crippen LogP) is 2.70. The van der Waals surface area contributed by atoms with Crippen molar-refractivity contribution in [2.24, 2.45) is 0 Å². The fourth-order valence-corrected chi connectivity index (χ4v) is 2.33. The van der Waals surface area contributed by atoms with Crippen molar-refractivity contribution in [2.45, 2.75) is 18.7 Å². The molecular formula is C13H14ClN3O2S. The lowest BCUT2D eigenvalue weighted by Crippen LogP contribution is -2.20. The molecule has 1 amide bonds. The van der Waals surface area contributed by atoms with Gasteiger partial charge in [0.15, 0.2) is 0 Å². The highest BCUT2D eigenvalue weighted by molar-refractivity contribution is 7.15. The first kappa shape index (κ1) is 14.7. The van der Waals surface area contributed by atoms with E-state index in [1.165, 1.54) is 11.3 Å². The Morgan fingerprint density at radius 1 is 1.40 bits per heavy atom. The molecule has 0 unspecified atom stereocenters. The van der Waals surface area contributed by atoms with E-state index in [0.29, 0.717) is 11.6 Å². The van der Waals surface area contributed by atoms with Gasteiger partial charge in [0.25, 0.3) is 0 Å². The molecule has 0 aliphatic heterocycles. The van der Waals surface area contributed by atoms with Crippen LogP contribution >= 0.6 is 22.9 Å². The maximum Gasteiger partial charge on any atom is 0.243 e. The molecule has 7 heteroatoms. The summed E-state index contributed by atoms with van der Waals surface area (Å²) in [7, 11) is 1.63. The molecule has 0 saturated carbocycles. The second kappa shape index (κ2) is 6.67. The number of nitrogens with zero attached hydrogens (tertiary/aromatic N) is 2. The SMILES string of the molecule is COc1ccc(Cc2nnc(NC(=O)[C@@H](C)Cl)s2)cc1. The number of alkyl halides is 1. The van der Waals surface area contributed by atoms with Crippen LogP contribution in [0.5, 0.6) is 5.75 Å². The van der Waals surface area contributed by atoms with E-state index >= 15 is 0 Å². The molecule has 5 nitrogen and oxygen atoms in total. The highest BCUT2D eigenvalue weighted by atomic mass is 35.5. The number of rotatable bonds is 5. The van der Waals surface area contributed by atoms with Gasteiger partial charge in [-0.1, -0.05) is 23.5 Å². The number of carbonyl (C=O) groups excluding carboxylic acids is 1. The van der Waals surface area contributed by atoms with E-state index in [1.54, 1.807) is 14.0 Å². The minimum atomic E-state index is -0.594. The number of halogens is 1. The van der Waals surface area contributed by atoms with Gasteiger partial charge in [0.1, 0.15) is 16.1 Å². The van der Waals surface area contributed by atoms with Gasteiger partial charge >= 0.3 is 0 Å². The summed E-state index contributed by atoms with van der Waals surface area (Å²) in [4.78, 5) is 11.4. The summed E-state index contributed by atoms with van der Waals surface area (Å²) in [6.45, 7) is 1.61. The summed E-state index contributed by atoms with van der Waals surface area (Å²) < 4.78 is 5.10. The number of hydrogen-bond acceptors (Lipinski definition) is 5. The van der Waals surface area contributed by atoms with E-state index in [0.717, 1.165) is 16.3 Å². The molecule has 106 valence electrons. The van der Waals surface area contributed by atoms with Gasteiger partial charge in [-0.25, -0.2) is 0 Å². The Balaban J connectivity index is 1.99. The van der Waals surface area contributed by atoms with Gasteiger partial charge < -0.3 is 4.74 Å². The normalized spacial score (nSPS) is 11.9. The van der Waals surface area contributed by atoms with E-state index in [4.69, 9.17) is 16.3 Å². The molecule has 0 aliphatic rings. The first-order valence-corrected chi connectivity index (χ1v) is 7.24. The lowest BCUT2D eigenvalue weighted by atomic mass is 10.1. The second-order valence-electron chi connectivity index (χ2n) is 4.13. The first-order valence-electron chi connectivity index (χ1n) is 5.98. The highest BCUT2D eigenvalue weighted by Gasteiger charge is 2.12. The first-order chi connectivity index (χ1) is 9.58. The molecule has 0 aliphatic carbocycles. The van der Waals surface area contributed by atoms with Gasteiger partial charge in [-0.05, 0) is 24.6 Å². The smallest absolute Gasteiger partial charge is 0.243 e. The quantitative estimate of drug-likeness (QED) is 0.862. The average molecular weight is 312 g/mol. The summed E-state index contributed by atoms with van der Waals surface area (Å²) in [6, 6.07) is 7.74. The Bertz CT molecular complexity index is 584. The van der Waals surface area contributed by atoms with Crippen LogP contribution in [-0.4, -0.2) is 28.6 Å². The molecule has 1 aromatic heterocycles. The Kier molecular flexibility index (Phi) is 4.92. The zero-order chi connectivity index (χ0) is 14.5. The number of nitrogens with one attached hydrogen (secondary N) is 1. The number of anilines is 1. The number of methoxy groups -OCH3 is 1. The van der Waals surface area contributed by atoms with Crippen LogP contribution in [0.15, 0.2) is 24.3 Å². The second-order valence-corrected chi connectivity index (χ2v) is 5.85. The number of ether oxygens (including phenoxy) is 1. The number of hydrogen-bond donors (Lipinski definition) is 1. The van der Waals surface area contributed by atoms with Crippen molar-refractivity contribution < 1.29 is 9.53 Å². The monoisotopic (exact) mass is 311 g/mol. The van der Waals surface area contributed by atoms with Gasteiger partial charge in [-0.3, -0.25) is 10.1 Å². The number of amides is 1. The largest absolute Gasteiger partial charge is 0.497 e. The molecule has 1 heterocycles. The Morgan fingerprint density at radius 2 is 2.10 bits per heavy atom. The Labute approximate surface area is 125 Å². The third-order valence-electron chi connectivity index (χ3n) is 2.57. The molecule has 1 atom stereocenters. The van der Waals surface area contributed by atoms with Crippen molar-refractivity contribution >= 4 is 34.0 Å². The predicted molar refractivity (Wildman–Crippen MR) is 79.7 cm³/mol. The van der Waals surface area contributed by atoms with E-state index in [1.807, 2.05) is 24.3 Å². The summed E-state index contributed by atoms with van der Waals surface area (Å²) in [5.74, 6) is 0.536. The van der Waals surface area contributed by atoms with Gasteiger partial charge in [-0.15, -0.1) is 21.8 Å². The van der Waals surface area contributed by atoms with Crippen molar-refractivity contribution in [1.82, 2.24) is 10.2 Å². The Hall–Kier alpha value is -1.66. The summed E-state index contributed by atoms with van der Waals surface area (Å²) in [5, 5.41) is 11.3.